The zero-order valence-electron chi connectivity index (χ0n) is 16.3. The van der Waals surface area contributed by atoms with Gasteiger partial charge in [-0.1, -0.05) is 54.9 Å². The second-order valence-corrected chi connectivity index (χ2v) is 6.70. The van der Waals surface area contributed by atoms with E-state index in [0.717, 1.165) is 17.7 Å². The molecule has 2 N–H and O–H groups in total. The summed E-state index contributed by atoms with van der Waals surface area (Å²) in [4.78, 5) is 24.5. The number of hydrogen-bond acceptors (Lipinski definition) is 4. The monoisotopic (exact) mass is 413 g/mol. The average Bonchev–Trinajstić information content (AvgIpc) is 3.23. The summed E-state index contributed by atoms with van der Waals surface area (Å²) in [6, 6.07) is 13.2. The van der Waals surface area contributed by atoms with Crippen LogP contribution in [0, 0.1) is 11.6 Å². The van der Waals surface area contributed by atoms with Gasteiger partial charge in [0.1, 0.15) is 11.6 Å². The molecule has 0 aliphatic carbocycles. The van der Waals surface area contributed by atoms with Gasteiger partial charge in [0.25, 0.3) is 5.91 Å². The molecule has 6 nitrogen and oxygen atoms in total. The molecule has 1 heterocycles. The van der Waals surface area contributed by atoms with E-state index in [1.165, 1.54) is 12.1 Å². The minimum absolute atomic E-state index is 0.0383. The van der Waals surface area contributed by atoms with E-state index in [1.54, 1.807) is 0 Å². The van der Waals surface area contributed by atoms with Crippen LogP contribution in [-0.2, 0) is 4.79 Å². The number of halogens is 2. The second-order valence-electron chi connectivity index (χ2n) is 6.70. The number of nitrogens with zero attached hydrogens (tertiary/aromatic N) is 1. The lowest BCUT2D eigenvalue weighted by atomic mass is 10.0. The molecule has 0 radical (unpaired) electrons. The van der Waals surface area contributed by atoms with Crippen LogP contribution in [0.3, 0.4) is 0 Å². The van der Waals surface area contributed by atoms with E-state index in [1.807, 2.05) is 37.3 Å². The molecule has 2 aromatic carbocycles. The van der Waals surface area contributed by atoms with Crippen LogP contribution in [0.25, 0.3) is 11.3 Å². The zero-order chi connectivity index (χ0) is 21.5. The maximum absolute atomic E-state index is 14.1. The molecule has 0 unspecified atom stereocenters. The molecular formula is C22H21F2N3O3. The van der Waals surface area contributed by atoms with Gasteiger partial charge in [-0.3, -0.25) is 9.59 Å². The van der Waals surface area contributed by atoms with Gasteiger partial charge >= 0.3 is 0 Å². The Labute approximate surface area is 172 Å². The molecule has 30 heavy (non-hydrogen) atoms. The summed E-state index contributed by atoms with van der Waals surface area (Å²) in [5, 5.41) is 8.86. The third kappa shape index (κ3) is 5.28. The normalized spacial score (nSPS) is 11.7. The lowest BCUT2D eigenvalue weighted by Crippen LogP contribution is -2.39. The number of hydrogen-bond donors (Lipinski definition) is 2. The van der Waals surface area contributed by atoms with Crippen molar-refractivity contribution in [3.8, 4) is 11.3 Å². The molecule has 1 atom stereocenters. The minimum Gasteiger partial charge on any atom is -0.355 e. The predicted molar refractivity (Wildman–Crippen MR) is 106 cm³/mol. The van der Waals surface area contributed by atoms with Gasteiger partial charge in [0, 0.05) is 23.3 Å². The van der Waals surface area contributed by atoms with Gasteiger partial charge in [-0.15, -0.1) is 0 Å². The van der Waals surface area contributed by atoms with Crippen molar-refractivity contribution >= 4 is 11.8 Å². The summed E-state index contributed by atoms with van der Waals surface area (Å²) < 4.78 is 32.4. The van der Waals surface area contributed by atoms with Gasteiger partial charge in [0.2, 0.25) is 5.91 Å². The fourth-order valence-electron chi connectivity index (χ4n) is 3.00. The van der Waals surface area contributed by atoms with E-state index in [-0.39, 0.29) is 17.8 Å². The van der Waals surface area contributed by atoms with Crippen molar-refractivity contribution in [3.05, 3.63) is 77.5 Å². The smallest absolute Gasteiger partial charge is 0.273 e. The summed E-state index contributed by atoms with van der Waals surface area (Å²) in [6.07, 6.45) is 1.14. The first-order valence-electron chi connectivity index (χ1n) is 9.52. The number of carbonyl (C=O) groups excluding carboxylic acids is 2. The predicted octanol–water partition coefficient (Wildman–Crippen LogP) is 4.01. The highest BCUT2D eigenvalue weighted by Crippen LogP contribution is 2.22. The standard InChI is InChI=1S/C22H21F2N3O3/c1-2-6-18(16-10-9-15(23)11-17(16)24)26-21(28)13-25-22(29)19-12-20(30-27-19)14-7-4-3-5-8-14/h3-5,7-12,18H,2,6,13H2,1H3,(H,25,29)(H,26,28)/t18-/m0/s1. The SMILES string of the molecule is CCC[C@H](NC(=O)CNC(=O)c1cc(-c2ccccc2)on1)c1ccc(F)cc1F. The van der Waals surface area contributed by atoms with Crippen molar-refractivity contribution in [2.24, 2.45) is 0 Å². The largest absolute Gasteiger partial charge is 0.355 e. The molecule has 0 saturated carbocycles. The van der Waals surface area contributed by atoms with Crippen LogP contribution in [0.5, 0.6) is 0 Å². The van der Waals surface area contributed by atoms with E-state index in [2.05, 4.69) is 15.8 Å². The van der Waals surface area contributed by atoms with Gasteiger partial charge in [-0.05, 0) is 12.5 Å². The number of amides is 2. The molecule has 3 rings (SSSR count). The van der Waals surface area contributed by atoms with Crippen molar-refractivity contribution in [2.45, 2.75) is 25.8 Å². The van der Waals surface area contributed by atoms with Crippen LogP contribution in [-0.4, -0.2) is 23.5 Å². The summed E-state index contributed by atoms with van der Waals surface area (Å²) in [5.41, 5.74) is 1.00. The summed E-state index contributed by atoms with van der Waals surface area (Å²) >= 11 is 0. The van der Waals surface area contributed by atoms with Gasteiger partial charge in [0.15, 0.2) is 11.5 Å². The molecule has 156 valence electrons. The molecule has 0 aliphatic heterocycles. The Morgan fingerprint density at radius 1 is 1.10 bits per heavy atom. The lowest BCUT2D eigenvalue weighted by Gasteiger charge is -2.19. The van der Waals surface area contributed by atoms with Crippen LogP contribution in [0.1, 0.15) is 41.9 Å². The molecule has 0 bridgehead atoms. The molecule has 0 spiro atoms. The Morgan fingerprint density at radius 2 is 1.87 bits per heavy atom. The first kappa shape index (κ1) is 21.2. The molecule has 3 aromatic rings. The van der Waals surface area contributed by atoms with Crippen LogP contribution in [0.15, 0.2) is 59.1 Å². The molecule has 0 saturated heterocycles. The topological polar surface area (TPSA) is 84.2 Å². The Kier molecular flexibility index (Phi) is 6.90. The van der Waals surface area contributed by atoms with Crippen molar-refractivity contribution in [3.63, 3.8) is 0 Å². The molecule has 0 aliphatic rings. The van der Waals surface area contributed by atoms with E-state index < -0.39 is 29.5 Å². The number of rotatable bonds is 8. The number of nitrogens with one attached hydrogen (secondary N) is 2. The van der Waals surface area contributed by atoms with Gasteiger partial charge in [-0.2, -0.15) is 0 Å². The van der Waals surface area contributed by atoms with Crippen molar-refractivity contribution in [2.75, 3.05) is 6.54 Å². The Balaban J connectivity index is 1.59. The molecule has 8 heteroatoms. The van der Waals surface area contributed by atoms with Crippen molar-refractivity contribution < 1.29 is 22.9 Å². The van der Waals surface area contributed by atoms with Crippen LogP contribution in [0.2, 0.25) is 0 Å². The van der Waals surface area contributed by atoms with Gasteiger partial charge < -0.3 is 15.2 Å². The molecule has 1 aromatic heterocycles. The highest BCUT2D eigenvalue weighted by molar-refractivity contribution is 5.95. The van der Waals surface area contributed by atoms with Crippen LogP contribution in [0.4, 0.5) is 8.78 Å². The molecule has 2 amide bonds. The number of aromatic nitrogens is 1. The lowest BCUT2D eigenvalue weighted by molar-refractivity contribution is -0.120. The van der Waals surface area contributed by atoms with Gasteiger partial charge in [0.05, 0.1) is 12.6 Å². The maximum atomic E-state index is 14.1. The fraction of sp³-hybridized carbons (Fsp3) is 0.227. The minimum atomic E-state index is -0.728. The summed E-state index contributed by atoms with van der Waals surface area (Å²) in [5.74, 6) is -2.06. The van der Waals surface area contributed by atoms with E-state index in [4.69, 9.17) is 4.52 Å². The summed E-state index contributed by atoms with van der Waals surface area (Å²) in [7, 11) is 0. The molecule has 0 fully saturated rings. The number of carbonyl (C=O) groups is 2. The van der Waals surface area contributed by atoms with Crippen molar-refractivity contribution in [1.82, 2.24) is 15.8 Å². The number of benzene rings is 2. The van der Waals surface area contributed by atoms with Gasteiger partial charge in [-0.25, -0.2) is 8.78 Å². The quantitative estimate of drug-likeness (QED) is 0.585. The Hall–Kier alpha value is -3.55. The third-order valence-electron chi connectivity index (χ3n) is 4.46. The summed E-state index contributed by atoms with van der Waals surface area (Å²) in [6.45, 7) is 1.56. The van der Waals surface area contributed by atoms with Crippen LogP contribution >= 0.6 is 0 Å². The third-order valence-corrected chi connectivity index (χ3v) is 4.46. The highest BCUT2D eigenvalue weighted by Gasteiger charge is 2.19. The van der Waals surface area contributed by atoms with E-state index >= 15 is 0 Å². The second kappa shape index (κ2) is 9.78. The van der Waals surface area contributed by atoms with Crippen molar-refractivity contribution in [1.29, 1.82) is 0 Å². The maximum Gasteiger partial charge on any atom is 0.273 e. The molecular weight excluding hydrogens is 392 g/mol. The Morgan fingerprint density at radius 3 is 2.57 bits per heavy atom. The fourth-order valence-corrected chi connectivity index (χ4v) is 3.00. The Bertz CT molecular complexity index is 1020. The van der Waals surface area contributed by atoms with Crippen LogP contribution < -0.4 is 10.6 Å². The van der Waals surface area contributed by atoms with E-state index in [9.17, 15) is 18.4 Å². The first-order chi connectivity index (χ1) is 14.5. The highest BCUT2D eigenvalue weighted by atomic mass is 19.1. The van der Waals surface area contributed by atoms with E-state index in [0.29, 0.717) is 18.6 Å². The average molecular weight is 413 g/mol. The first-order valence-corrected chi connectivity index (χ1v) is 9.52. The zero-order valence-corrected chi connectivity index (χ0v) is 16.3.